The van der Waals surface area contributed by atoms with E-state index in [4.69, 9.17) is 0 Å². The minimum Gasteiger partial charge on any atom is -0.335 e. The molecule has 2 aliphatic heterocycles. The fraction of sp³-hybridized carbons (Fsp3) is 0.462. The zero-order chi connectivity index (χ0) is 24.2. The Balaban J connectivity index is 1.51. The number of anilines is 1. The Morgan fingerprint density at radius 2 is 1.97 bits per heavy atom. The first-order chi connectivity index (χ1) is 17.1. The summed E-state index contributed by atoms with van der Waals surface area (Å²) in [5.74, 6) is 0.0922. The van der Waals surface area contributed by atoms with Crippen LogP contribution in [-0.2, 0) is 29.2 Å². The molecule has 0 saturated carbocycles. The first-order valence-electron chi connectivity index (χ1n) is 12.3. The van der Waals surface area contributed by atoms with Gasteiger partial charge in [-0.05, 0) is 30.9 Å². The van der Waals surface area contributed by atoms with Crippen LogP contribution in [-0.4, -0.2) is 61.3 Å². The number of piperidine rings is 1. The number of carbonyl (C=O) groups is 2. The van der Waals surface area contributed by atoms with Gasteiger partial charge >= 0.3 is 0 Å². The molecular weight excluding hydrogens is 460 g/mol. The number of rotatable bonds is 4. The van der Waals surface area contributed by atoms with E-state index in [1.165, 1.54) is 0 Å². The van der Waals surface area contributed by atoms with E-state index >= 15 is 0 Å². The van der Waals surface area contributed by atoms with Gasteiger partial charge in [0, 0.05) is 68.3 Å². The lowest BCUT2D eigenvalue weighted by Gasteiger charge is -2.43. The van der Waals surface area contributed by atoms with Crippen LogP contribution >= 0.6 is 11.3 Å². The van der Waals surface area contributed by atoms with Crippen molar-refractivity contribution in [2.24, 2.45) is 0 Å². The lowest BCUT2D eigenvalue weighted by molar-refractivity contribution is -0.134. The SMILES string of the molecule is CC(=O)N1CCC2CCCC(CN(C(=O)Cn3ccnc3)Cc3ccccc31)N2Cc1nccs1. The molecule has 1 aromatic carbocycles. The van der Waals surface area contributed by atoms with Gasteiger partial charge in [-0.25, -0.2) is 9.97 Å². The van der Waals surface area contributed by atoms with Crippen LogP contribution in [0, 0.1) is 0 Å². The number of para-hydroxylation sites is 1. The van der Waals surface area contributed by atoms with E-state index in [1.54, 1.807) is 30.8 Å². The zero-order valence-electron chi connectivity index (χ0n) is 20.1. The van der Waals surface area contributed by atoms with Gasteiger partial charge in [-0.2, -0.15) is 0 Å². The van der Waals surface area contributed by atoms with Crippen LogP contribution < -0.4 is 4.90 Å². The second-order valence-corrected chi connectivity index (χ2v) is 10.4. The topological polar surface area (TPSA) is 74.6 Å². The van der Waals surface area contributed by atoms with Crippen LogP contribution in [0.5, 0.6) is 0 Å². The molecule has 0 aliphatic carbocycles. The molecule has 2 aliphatic rings. The highest BCUT2D eigenvalue weighted by atomic mass is 32.1. The van der Waals surface area contributed by atoms with E-state index in [0.717, 1.165) is 48.5 Å². The van der Waals surface area contributed by atoms with Gasteiger partial charge in [-0.3, -0.25) is 14.5 Å². The normalized spacial score (nSPS) is 21.3. The molecule has 8 nitrogen and oxygen atoms in total. The molecule has 2 atom stereocenters. The largest absolute Gasteiger partial charge is 0.335 e. The number of aromatic nitrogens is 3. The molecule has 0 radical (unpaired) electrons. The van der Waals surface area contributed by atoms with Gasteiger partial charge in [0.15, 0.2) is 0 Å². The average molecular weight is 493 g/mol. The summed E-state index contributed by atoms with van der Waals surface area (Å²) in [6.45, 7) is 4.46. The Bertz CT molecular complexity index is 1130. The summed E-state index contributed by atoms with van der Waals surface area (Å²) in [7, 11) is 0. The van der Waals surface area contributed by atoms with Crippen LogP contribution in [0.4, 0.5) is 5.69 Å². The van der Waals surface area contributed by atoms with E-state index in [9.17, 15) is 9.59 Å². The number of amides is 2. The monoisotopic (exact) mass is 492 g/mol. The molecule has 0 N–H and O–H groups in total. The van der Waals surface area contributed by atoms with Crippen molar-refractivity contribution in [2.45, 2.75) is 64.3 Å². The Kier molecular flexibility index (Phi) is 7.24. The van der Waals surface area contributed by atoms with Gasteiger partial charge in [0.25, 0.3) is 0 Å². The highest BCUT2D eigenvalue weighted by Gasteiger charge is 2.35. The molecule has 4 heterocycles. The first-order valence-corrected chi connectivity index (χ1v) is 13.2. The van der Waals surface area contributed by atoms with E-state index in [-0.39, 0.29) is 24.4 Å². The number of carbonyl (C=O) groups excluding carboxylic acids is 2. The standard InChI is InChI=1S/C26H32N6O2S/c1-20(33)31-12-9-22-6-4-7-23(32(22)17-25-28-11-14-35-25)16-30(15-21-5-2-3-8-24(21)31)26(34)18-29-13-10-27-19-29/h2-3,5,8,10-11,13-14,19,22-23H,4,6-7,9,12,15-18H2,1H3. The van der Waals surface area contributed by atoms with Crippen molar-refractivity contribution in [1.82, 2.24) is 24.3 Å². The smallest absolute Gasteiger partial charge is 0.242 e. The Morgan fingerprint density at radius 3 is 2.74 bits per heavy atom. The highest BCUT2D eigenvalue weighted by molar-refractivity contribution is 7.09. The van der Waals surface area contributed by atoms with Crippen LogP contribution in [0.1, 0.15) is 43.2 Å². The molecule has 2 aromatic heterocycles. The average Bonchev–Trinajstić information content (AvgIpc) is 3.55. The Morgan fingerprint density at radius 1 is 1.11 bits per heavy atom. The van der Waals surface area contributed by atoms with Gasteiger partial charge in [0.1, 0.15) is 11.6 Å². The predicted molar refractivity (Wildman–Crippen MR) is 136 cm³/mol. The molecule has 2 bridgehead atoms. The van der Waals surface area contributed by atoms with Gasteiger partial charge in [0.2, 0.25) is 11.8 Å². The minimum absolute atomic E-state index is 0.0341. The van der Waals surface area contributed by atoms with Crippen molar-refractivity contribution in [3.63, 3.8) is 0 Å². The maximum atomic E-state index is 13.6. The number of hydrogen-bond donors (Lipinski definition) is 0. The fourth-order valence-electron chi connectivity index (χ4n) is 5.46. The third kappa shape index (κ3) is 5.46. The van der Waals surface area contributed by atoms with E-state index < -0.39 is 0 Å². The number of hydrogen-bond acceptors (Lipinski definition) is 6. The Hall–Kier alpha value is -3.04. The lowest BCUT2D eigenvalue weighted by atomic mass is 9.93. The van der Waals surface area contributed by atoms with Crippen molar-refractivity contribution < 1.29 is 9.59 Å². The minimum atomic E-state index is 0.0341. The number of benzene rings is 1. The van der Waals surface area contributed by atoms with E-state index in [1.807, 2.05) is 56.4 Å². The molecule has 5 rings (SSSR count). The molecule has 2 unspecified atom stereocenters. The van der Waals surface area contributed by atoms with Gasteiger partial charge in [-0.1, -0.05) is 24.6 Å². The summed E-state index contributed by atoms with van der Waals surface area (Å²) in [6, 6.07) is 8.60. The highest BCUT2D eigenvalue weighted by Crippen LogP contribution is 2.32. The number of fused-ring (bicyclic) bond motifs is 3. The van der Waals surface area contributed by atoms with E-state index in [2.05, 4.69) is 14.9 Å². The molecule has 184 valence electrons. The molecule has 3 aromatic rings. The molecule has 35 heavy (non-hydrogen) atoms. The fourth-order valence-corrected chi connectivity index (χ4v) is 6.08. The number of nitrogens with zero attached hydrogens (tertiary/aromatic N) is 6. The number of thiazole rings is 1. The van der Waals surface area contributed by atoms with Gasteiger partial charge < -0.3 is 14.4 Å². The maximum absolute atomic E-state index is 13.6. The summed E-state index contributed by atoms with van der Waals surface area (Å²) in [5.41, 5.74) is 1.91. The van der Waals surface area contributed by atoms with Crippen molar-refractivity contribution in [3.05, 3.63) is 65.1 Å². The summed E-state index contributed by atoms with van der Waals surface area (Å²) in [4.78, 5) is 41.4. The molecule has 1 saturated heterocycles. The zero-order valence-corrected chi connectivity index (χ0v) is 20.9. The first kappa shape index (κ1) is 23.7. The third-order valence-corrected chi connectivity index (χ3v) is 7.95. The van der Waals surface area contributed by atoms with Gasteiger partial charge in [0.05, 0.1) is 12.9 Å². The molecule has 2 amide bonds. The quantitative estimate of drug-likeness (QED) is 0.557. The second kappa shape index (κ2) is 10.7. The predicted octanol–water partition coefficient (Wildman–Crippen LogP) is 3.55. The van der Waals surface area contributed by atoms with Crippen LogP contribution in [0.3, 0.4) is 0 Å². The summed E-state index contributed by atoms with van der Waals surface area (Å²) in [5, 5.41) is 3.12. The second-order valence-electron chi connectivity index (χ2n) is 9.43. The van der Waals surface area contributed by atoms with Gasteiger partial charge in [-0.15, -0.1) is 11.3 Å². The van der Waals surface area contributed by atoms with Crippen LogP contribution in [0.2, 0.25) is 0 Å². The molecular formula is C26H32N6O2S. The summed E-state index contributed by atoms with van der Waals surface area (Å²) >= 11 is 1.68. The van der Waals surface area contributed by atoms with Crippen molar-refractivity contribution >= 4 is 28.8 Å². The van der Waals surface area contributed by atoms with E-state index in [0.29, 0.717) is 25.7 Å². The van der Waals surface area contributed by atoms with Crippen molar-refractivity contribution in [3.8, 4) is 0 Å². The number of imidazole rings is 1. The van der Waals surface area contributed by atoms with Crippen LogP contribution in [0.25, 0.3) is 0 Å². The summed E-state index contributed by atoms with van der Waals surface area (Å²) < 4.78 is 1.82. The Labute approximate surface area is 210 Å². The third-order valence-electron chi connectivity index (χ3n) is 7.18. The van der Waals surface area contributed by atoms with Crippen LogP contribution in [0.15, 0.2) is 54.6 Å². The lowest BCUT2D eigenvalue weighted by Crippen LogP contribution is -2.52. The molecule has 0 spiro atoms. The molecule has 1 fully saturated rings. The van der Waals surface area contributed by atoms with Crippen molar-refractivity contribution in [2.75, 3.05) is 18.0 Å². The molecule has 9 heteroatoms. The van der Waals surface area contributed by atoms with Crippen molar-refractivity contribution in [1.29, 1.82) is 0 Å². The maximum Gasteiger partial charge on any atom is 0.242 e. The summed E-state index contributed by atoms with van der Waals surface area (Å²) in [6.07, 6.45) is 11.2.